The third-order valence-corrected chi connectivity index (χ3v) is 3.51. The molecule has 1 aliphatic heterocycles. The maximum Gasteiger partial charge on any atom is 0.0489 e. The maximum atomic E-state index is 5.63. The third kappa shape index (κ3) is 8.61. The second-order valence-corrected chi connectivity index (χ2v) is 7.41. The van der Waals surface area contributed by atoms with Crippen molar-refractivity contribution in [2.45, 2.75) is 53.0 Å². The minimum absolute atomic E-state index is 0.248. The molecule has 0 bridgehead atoms. The van der Waals surface area contributed by atoms with Gasteiger partial charge in [0.05, 0.1) is 0 Å². The van der Waals surface area contributed by atoms with Gasteiger partial charge >= 0.3 is 0 Å². The molecule has 1 saturated heterocycles. The average Bonchev–Trinajstić information content (AvgIpc) is 2.72. The molecule has 1 fully saturated rings. The average molecular weight is 270 g/mol. The van der Waals surface area contributed by atoms with E-state index in [4.69, 9.17) is 4.74 Å². The Labute approximate surface area is 120 Å². The first-order valence-electron chi connectivity index (χ1n) is 7.92. The molecule has 0 aromatic heterocycles. The van der Waals surface area contributed by atoms with Gasteiger partial charge in [0.25, 0.3) is 0 Å². The Bertz CT molecular complexity index is 235. The zero-order chi connectivity index (χ0) is 14.3. The molecule has 0 amide bonds. The first kappa shape index (κ1) is 16.9. The van der Waals surface area contributed by atoms with Gasteiger partial charge in [0.2, 0.25) is 0 Å². The van der Waals surface area contributed by atoms with Gasteiger partial charge in [-0.05, 0) is 58.5 Å². The lowest BCUT2D eigenvalue weighted by molar-refractivity contribution is 0.101. The Morgan fingerprint density at radius 2 is 2.05 bits per heavy atom. The number of hydrogen-bond acceptors (Lipinski definition) is 3. The van der Waals surface area contributed by atoms with Gasteiger partial charge < -0.3 is 15.0 Å². The molecule has 1 aliphatic rings. The number of nitrogens with zero attached hydrogens (tertiary/aromatic N) is 1. The normalized spacial score (nSPS) is 21.5. The van der Waals surface area contributed by atoms with Crippen LogP contribution in [0.4, 0.5) is 0 Å². The minimum atomic E-state index is 0.248. The summed E-state index contributed by atoms with van der Waals surface area (Å²) in [5.74, 6) is 1.48. The standard InChI is InChI=1S/C16H34N2O/c1-14(2)13-19-10-6-8-18-9-7-15(12-18)11-17-16(3,4)5/h14-15,17H,6-13H2,1-5H3. The van der Waals surface area contributed by atoms with Gasteiger partial charge in [-0.25, -0.2) is 0 Å². The van der Waals surface area contributed by atoms with Crippen LogP contribution >= 0.6 is 0 Å². The first-order valence-corrected chi connectivity index (χ1v) is 7.92. The van der Waals surface area contributed by atoms with E-state index in [1.807, 2.05) is 0 Å². The van der Waals surface area contributed by atoms with E-state index in [0.29, 0.717) is 5.92 Å². The Kier molecular flexibility index (Phi) is 7.33. The zero-order valence-corrected chi connectivity index (χ0v) is 13.7. The molecule has 1 rings (SSSR count). The molecule has 0 aromatic carbocycles. The van der Waals surface area contributed by atoms with Gasteiger partial charge in [0.15, 0.2) is 0 Å². The number of nitrogens with one attached hydrogen (secondary N) is 1. The SMILES string of the molecule is CC(C)COCCCN1CCC(CNC(C)(C)C)C1. The Balaban J connectivity index is 2.02. The van der Waals surface area contributed by atoms with Gasteiger partial charge in [0, 0.05) is 31.8 Å². The van der Waals surface area contributed by atoms with Crippen LogP contribution in [0.25, 0.3) is 0 Å². The monoisotopic (exact) mass is 270 g/mol. The summed E-state index contributed by atoms with van der Waals surface area (Å²) < 4.78 is 5.63. The highest BCUT2D eigenvalue weighted by Gasteiger charge is 2.23. The first-order chi connectivity index (χ1) is 8.87. The molecule has 19 heavy (non-hydrogen) atoms. The summed E-state index contributed by atoms with van der Waals surface area (Å²) in [4.78, 5) is 2.59. The van der Waals surface area contributed by atoms with E-state index in [0.717, 1.165) is 25.7 Å². The third-order valence-electron chi connectivity index (χ3n) is 3.51. The molecule has 1 N–H and O–H groups in total. The lowest BCUT2D eigenvalue weighted by Crippen LogP contribution is -2.39. The summed E-state index contributed by atoms with van der Waals surface area (Å²) >= 11 is 0. The highest BCUT2D eigenvalue weighted by molar-refractivity contribution is 4.80. The molecule has 3 nitrogen and oxygen atoms in total. The van der Waals surface area contributed by atoms with Crippen LogP contribution in [0.2, 0.25) is 0 Å². The summed E-state index contributed by atoms with van der Waals surface area (Å²) in [5, 5.41) is 3.62. The Morgan fingerprint density at radius 1 is 1.32 bits per heavy atom. The van der Waals surface area contributed by atoms with Crippen LogP contribution in [0.1, 0.15) is 47.5 Å². The molecule has 0 radical (unpaired) electrons. The van der Waals surface area contributed by atoms with Crippen molar-refractivity contribution in [3.05, 3.63) is 0 Å². The smallest absolute Gasteiger partial charge is 0.0489 e. The second-order valence-electron chi connectivity index (χ2n) is 7.41. The van der Waals surface area contributed by atoms with E-state index in [1.54, 1.807) is 0 Å². The van der Waals surface area contributed by atoms with E-state index in [2.05, 4.69) is 44.8 Å². The Morgan fingerprint density at radius 3 is 2.68 bits per heavy atom. The van der Waals surface area contributed by atoms with Crippen molar-refractivity contribution < 1.29 is 4.74 Å². The highest BCUT2D eigenvalue weighted by atomic mass is 16.5. The maximum absolute atomic E-state index is 5.63. The van der Waals surface area contributed by atoms with Crippen LogP contribution < -0.4 is 5.32 Å². The summed E-state index contributed by atoms with van der Waals surface area (Å²) in [7, 11) is 0. The molecular formula is C16H34N2O. The molecule has 1 unspecified atom stereocenters. The Hall–Kier alpha value is -0.120. The van der Waals surface area contributed by atoms with Crippen molar-refractivity contribution in [2.24, 2.45) is 11.8 Å². The molecule has 1 heterocycles. The van der Waals surface area contributed by atoms with Crippen molar-refractivity contribution in [2.75, 3.05) is 39.4 Å². The van der Waals surface area contributed by atoms with Crippen molar-refractivity contribution in [1.82, 2.24) is 10.2 Å². The van der Waals surface area contributed by atoms with E-state index in [-0.39, 0.29) is 5.54 Å². The molecule has 0 spiro atoms. The fourth-order valence-corrected chi connectivity index (χ4v) is 2.44. The van der Waals surface area contributed by atoms with Crippen LogP contribution in [0, 0.1) is 11.8 Å². The summed E-state index contributed by atoms with van der Waals surface area (Å²) in [6, 6.07) is 0. The predicted octanol–water partition coefficient (Wildman–Crippen LogP) is 2.76. The van der Waals surface area contributed by atoms with Gasteiger partial charge in [0.1, 0.15) is 0 Å². The fraction of sp³-hybridized carbons (Fsp3) is 1.00. The molecular weight excluding hydrogens is 236 g/mol. The van der Waals surface area contributed by atoms with Crippen molar-refractivity contribution >= 4 is 0 Å². The largest absolute Gasteiger partial charge is 0.381 e. The van der Waals surface area contributed by atoms with E-state index >= 15 is 0 Å². The summed E-state index contributed by atoms with van der Waals surface area (Å²) in [6.45, 7) is 17.8. The van der Waals surface area contributed by atoms with Crippen LogP contribution in [-0.4, -0.2) is 49.8 Å². The predicted molar refractivity (Wildman–Crippen MR) is 82.6 cm³/mol. The molecule has 1 atom stereocenters. The minimum Gasteiger partial charge on any atom is -0.381 e. The molecule has 3 heteroatoms. The summed E-state index contributed by atoms with van der Waals surface area (Å²) in [5.41, 5.74) is 0.248. The lowest BCUT2D eigenvalue weighted by Gasteiger charge is -2.23. The number of ether oxygens (including phenoxy) is 1. The quantitative estimate of drug-likeness (QED) is 0.686. The van der Waals surface area contributed by atoms with Gasteiger partial charge in [-0.2, -0.15) is 0 Å². The van der Waals surface area contributed by atoms with E-state index in [1.165, 1.54) is 32.5 Å². The van der Waals surface area contributed by atoms with Gasteiger partial charge in [-0.1, -0.05) is 13.8 Å². The van der Waals surface area contributed by atoms with Crippen LogP contribution in [0.3, 0.4) is 0 Å². The molecule has 0 aliphatic carbocycles. The fourth-order valence-electron chi connectivity index (χ4n) is 2.44. The highest BCUT2D eigenvalue weighted by Crippen LogP contribution is 2.16. The summed E-state index contributed by atoms with van der Waals surface area (Å²) in [6.07, 6.45) is 2.52. The molecule has 114 valence electrons. The van der Waals surface area contributed by atoms with Crippen LogP contribution in [0.15, 0.2) is 0 Å². The number of likely N-dealkylation sites (tertiary alicyclic amines) is 1. The van der Waals surface area contributed by atoms with E-state index in [9.17, 15) is 0 Å². The topological polar surface area (TPSA) is 24.5 Å². The number of hydrogen-bond donors (Lipinski definition) is 1. The number of rotatable bonds is 8. The second kappa shape index (κ2) is 8.23. The van der Waals surface area contributed by atoms with Crippen LogP contribution in [-0.2, 0) is 4.74 Å². The van der Waals surface area contributed by atoms with Gasteiger partial charge in [-0.3, -0.25) is 0 Å². The molecule has 0 saturated carbocycles. The van der Waals surface area contributed by atoms with Crippen LogP contribution in [0.5, 0.6) is 0 Å². The van der Waals surface area contributed by atoms with Gasteiger partial charge in [-0.15, -0.1) is 0 Å². The van der Waals surface area contributed by atoms with Crippen molar-refractivity contribution in [3.8, 4) is 0 Å². The zero-order valence-electron chi connectivity index (χ0n) is 13.7. The lowest BCUT2D eigenvalue weighted by atomic mass is 10.1. The molecule has 0 aromatic rings. The van der Waals surface area contributed by atoms with Crippen molar-refractivity contribution in [3.63, 3.8) is 0 Å². The van der Waals surface area contributed by atoms with Crippen molar-refractivity contribution in [1.29, 1.82) is 0 Å². The van der Waals surface area contributed by atoms with E-state index < -0.39 is 0 Å².